The van der Waals surface area contributed by atoms with Crippen LogP contribution in [0.1, 0.15) is 28.7 Å². The Labute approximate surface area is 118 Å². The number of pyridine rings is 1. The molecular formula is C15H17ClN2O. The maximum atomic E-state index is 10.5. The van der Waals surface area contributed by atoms with Gasteiger partial charge in [-0.3, -0.25) is 4.98 Å². The van der Waals surface area contributed by atoms with Crippen molar-refractivity contribution in [3.8, 4) is 0 Å². The maximum Gasteiger partial charge on any atom is 0.0885 e. The van der Waals surface area contributed by atoms with Gasteiger partial charge in [0, 0.05) is 35.4 Å². The molecular weight excluding hydrogens is 260 g/mol. The van der Waals surface area contributed by atoms with E-state index in [1.165, 1.54) is 0 Å². The second kappa shape index (κ2) is 6.15. The van der Waals surface area contributed by atoms with Crippen LogP contribution >= 0.6 is 11.6 Å². The van der Waals surface area contributed by atoms with Crippen molar-refractivity contribution in [2.45, 2.75) is 18.9 Å². The van der Waals surface area contributed by atoms with Crippen molar-refractivity contribution in [1.82, 2.24) is 4.98 Å². The number of aliphatic hydroxyl groups excluding tert-OH is 1. The average Bonchev–Trinajstić information content (AvgIpc) is 2.44. The molecule has 3 nitrogen and oxygen atoms in total. The Morgan fingerprint density at radius 1 is 1.32 bits per heavy atom. The maximum absolute atomic E-state index is 10.5. The van der Waals surface area contributed by atoms with Gasteiger partial charge in [-0.1, -0.05) is 35.9 Å². The molecule has 0 radical (unpaired) electrons. The summed E-state index contributed by atoms with van der Waals surface area (Å²) in [5, 5.41) is 11.1. The topological polar surface area (TPSA) is 59.1 Å². The third kappa shape index (κ3) is 2.95. The lowest BCUT2D eigenvalue weighted by Crippen LogP contribution is -2.20. The van der Waals surface area contributed by atoms with Gasteiger partial charge in [-0.25, -0.2) is 0 Å². The molecule has 0 aliphatic rings. The largest absolute Gasteiger partial charge is 0.388 e. The molecule has 2 rings (SSSR count). The van der Waals surface area contributed by atoms with Gasteiger partial charge >= 0.3 is 0 Å². The Kier molecular flexibility index (Phi) is 4.53. The molecule has 4 heteroatoms. The van der Waals surface area contributed by atoms with Gasteiger partial charge in [0.1, 0.15) is 0 Å². The molecule has 0 fully saturated rings. The van der Waals surface area contributed by atoms with Crippen LogP contribution in [0.2, 0.25) is 5.02 Å². The summed E-state index contributed by atoms with van der Waals surface area (Å²) in [6.45, 7) is 2.25. The van der Waals surface area contributed by atoms with E-state index < -0.39 is 6.10 Å². The number of nitrogens with zero attached hydrogens (tertiary/aromatic N) is 1. The zero-order valence-corrected chi connectivity index (χ0v) is 11.5. The minimum Gasteiger partial charge on any atom is -0.388 e. The second-order valence-electron chi connectivity index (χ2n) is 4.55. The van der Waals surface area contributed by atoms with Crippen molar-refractivity contribution in [2.75, 3.05) is 6.54 Å². The van der Waals surface area contributed by atoms with Gasteiger partial charge in [-0.05, 0) is 24.1 Å². The van der Waals surface area contributed by atoms with Gasteiger partial charge in [-0.15, -0.1) is 0 Å². The highest BCUT2D eigenvalue weighted by Gasteiger charge is 2.23. The van der Waals surface area contributed by atoms with Gasteiger partial charge in [0.15, 0.2) is 0 Å². The van der Waals surface area contributed by atoms with Crippen LogP contribution in [-0.2, 0) is 0 Å². The Bertz CT molecular complexity index is 545. The smallest absolute Gasteiger partial charge is 0.0885 e. The molecule has 1 heterocycles. The number of aliphatic hydroxyl groups is 1. The van der Waals surface area contributed by atoms with Gasteiger partial charge in [0.25, 0.3) is 0 Å². The van der Waals surface area contributed by atoms with Crippen LogP contribution in [-0.4, -0.2) is 16.6 Å². The SMILES string of the molecule is Cc1cccc(C(O)C(CN)c2cccnc2)c1Cl. The molecule has 0 amide bonds. The summed E-state index contributed by atoms with van der Waals surface area (Å²) < 4.78 is 0. The molecule has 2 atom stereocenters. The van der Waals surface area contributed by atoms with E-state index in [2.05, 4.69) is 4.98 Å². The number of halogens is 1. The number of nitrogens with two attached hydrogens (primary N) is 1. The Balaban J connectivity index is 2.36. The van der Waals surface area contributed by atoms with Gasteiger partial charge in [-0.2, -0.15) is 0 Å². The van der Waals surface area contributed by atoms with Gasteiger partial charge in [0.05, 0.1) is 6.10 Å². The molecule has 0 aliphatic carbocycles. The molecule has 19 heavy (non-hydrogen) atoms. The van der Waals surface area contributed by atoms with E-state index in [1.54, 1.807) is 12.4 Å². The van der Waals surface area contributed by atoms with E-state index in [9.17, 15) is 5.11 Å². The number of benzene rings is 1. The predicted molar refractivity (Wildman–Crippen MR) is 77.2 cm³/mol. The van der Waals surface area contributed by atoms with Crippen LogP contribution in [0.3, 0.4) is 0 Å². The second-order valence-corrected chi connectivity index (χ2v) is 4.93. The van der Waals surface area contributed by atoms with Crippen LogP contribution in [0.15, 0.2) is 42.7 Å². The number of aromatic nitrogens is 1. The van der Waals surface area contributed by atoms with Crippen molar-refractivity contribution in [1.29, 1.82) is 0 Å². The summed E-state index contributed by atoms with van der Waals surface area (Å²) >= 11 is 6.26. The predicted octanol–water partition coefficient (Wildman–Crippen LogP) is 2.82. The highest BCUT2D eigenvalue weighted by atomic mass is 35.5. The molecule has 1 aromatic carbocycles. The standard InChI is InChI=1S/C15H17ClN2O/c1-10-4-2-6-12(14(10)16)15(19)13(8-17)11-5-3-7-18-9-11/h2-7,9,13,15,19H,8,17H2,1H3. The molecule has 2 unspecified atom stereocenters. The first-order valence-corrected chi connectivity index (χ1v) is 6.56. The van der Waals surface area contributed by atoms with Crippen LogP contribution in [0, 0.1) is 6.92 Å². The van der Waals surface area contributed by atoms with Crippen molar-refractivity contribution in [2.24, 2.45) is 5.73 Å². The summed E-state index contributed by atoms with van der Waals surface area (Å²) in [6.07, 6.45) is 2.69. The average molecular weight is 277 g/mol. The minimum absolute atomic E-state index is 0.215. The van der Waals surface area contributed by atoms with Crippen molar-refractivity contribution < 1.29 is 5.11 Å². The molecule has 0 saturated carbocycles. The lowest BCUT2D eigenvalue weighted by Gasteiger charge is -2.23. The van der Waals surface area contributed by atoms with Crippen molar-refractivity contribution >= 4 is 11.6 Å². The lowest BCUT2D eigenvalue weighted by atomic mass is 9.89. The Morgan fingerprint density at radius 3 is 2.74 bits per heavy atom. The number of hydrogen-bond acceptors (Lipinski definition) is 3. The number of aryl methyl sites for hydroxylation is 1. The number of rotatable bonds is 4. The lowest BCUT2D eigenvalue weighted by molar-refractivity contribution is 0.147. The highest BCUT2D eigenvalue weighted by molar-refractivity contribution is 6.32. The normalized spacial score (nSPS) is 14.1. The first-order valence-electron chi connectivity index (χ1n) is 6.18. The Morgan fingerprint density at radius 2 is 2.11 bits per heavy atom. The van der Waals surface area contributed by atoms with E-state index in [1.807, 2.05) is 37.3 Å². The van der Waals surface area contributed by atoms with E-state index in [0.717, 1.165) is 11.1 Å². The van der Waals surface area contributed by atoms with Crippen LogP contribution in [0.5, 0.6) is 0 Å². The zero-order valence-electron chi connectivity index (χ0n) is 10.8. The van der Waals surface area contributed by atoms with E-state index >= 15 is 0 Å². The Hall–Kier alpha value is -1.42. The third-order valence-corrected chi connectivity index (χ3v) is 3.80. The van der Waals surface area contributed by atoms with Gasteiger partial charge < -0.3 is 10.8 Å². The zero-order chi connectivity index (χ0) is 13.8. The van der Waals surface area contributed by atoms with Gasteiger partial charge in [0.2, 0.25) is 0 Å². The minimum atomic E-state index is -0.735. The van der Waals surface area contributed by atoms with Crippen LogP contribution in [0.4, 0.5) is 0 Å². The molecule has 0 spiro atoms. The summed E-state index contributed by atoms with van der Waals surface area (Å²) in [5.74, 6) is -0.215. The molecule has 1 aromatic heterocycles. The molecule has 0 saturated heterocycles. The highest BCUT2D eigenvalue weighted by Crippen LogP contribution is 2.34. The van der Waals surface area contributed by atoms with Crippen molar-refractivity contribution in [3.63, 3.8) is 0 Å². The molecule has 100 valence electrons. The first-order chi connectivity index (χ1) is 9.15. The van der Waals surface area contributed by atoms with E-state index in [-0.39, 0.29) is 5.92 Å². The summed E-state index contributed by atoms with van der Waals surface area (Å²) in [7, 11) is 0. The van der Waals surface area contributed by atoms with E-state index in [4.69, 9.17) is 17.3 Å². The monoisotopic (exact) mass is 276 g/mol. The first kappa shape index (κ1) is 14.0. The fourth-order valence-corrected chi connectivity index (χ4v) is 2.40. The number of hydrogen-bond donors (Lipinski definition) is 2. The fraction of sp³-hybridized carbons (Fsp3) is 0.267. The third-order valence-electron chi connectivity index (χ3n) is 3.29. The summed E-state index contributed by atoms with van der Waals surface area (Å²) in [6, 6.07) is 9.38. The molecule has 0 aliphatic heterocycles. The van der Waals surface area contributed by atoms with Crippen LogP contribution in [0.25, 0.3) is 0 Å². The van der Waals surface area contributed by atoms with E-state index in [0.29, 0.717) is 17.1 Å². The van der Waals surface area contributed by atoms with Crippen molar-refractivity contribution in [3.05, 3.63) is 64.4 Å². The molecule has 3 N–H and O–H groups in total. The quantitative estimate of drug-likeness (QED) is 0.903. The van der Waals surface area contributed by atoms with Crippen LogP contribution < -0.4 is 5.73 Å². The fourth-order valence-electron chi connectivity index (χ4n) is 2.16. The summed E-state index contributed by atoms with van der Waals surface area (Å²) in [4.78, 5) is 4.07. The molecule has 2 aromatic rings. The molecule has 0 bridgehead atoms. The summed E-state index contributed by atoms with van der Waals surface area (Å²) in [5.41, 5.74) is 8.37.